The number of tetrazole rings is 1. The predicted octanol–water partition coefficient (Wildman–Crippen LogP) is 1.26. The molecule has 29 heavy (non-hydrogen) atoms. The second kappa shape index (κ2) is 8.39. The Kier molecular flexibility index (Phi) is 5.52. The maximum Gasteiger partial charge on any atom is 0.266 e. The van der Waals surface area contributed by atoms with Crippen molar-refractivity contribution in [2.45, 2.75) is 6.42 Å². The van der Waals surface area contributed by atoms with Crippen LogP contribution >= 0.6 is 11.3 Å². The molecule has 1 saturated heterocycles. The van der Waals surface area contributed by atoms with E-state index in [1.807, 2.05) is 35.7 Å². The molecule has 1 aliphatic rings. The summed E-state index contributed by atoms with van der Waals surface area (Å²) in [5.74, 6) is 0.723. The number of piperazine rings is 1. The molecular formula is C19H20N6O3S. The first-order valence-electron chi connectivity index (χ1n) is 9.16. The maximum atomic E-state index is 13.0. The van der Waals surface area contributed by atoms with Gasteiger partial charge in [0.2, 0.25) is 5.91 Å². The van der Waals surface area contributed by atoms with Crippen LogP contribution in [0.25, 0.3) is 5.69 Å². The van der Waals surface area contributed by atoms with Crippen molar-refractivity contribution in [2.24, 2.45) is 0 Å². The van der Waals surface area contributed by atoms with Crippen molar-refractivity contribution in [3.8, 4) is 11.4 Å². The lowest BCUT2D eigenvalue weighted by molar-refractivity contribution is -0.131. The van der Waals surface area contributed by atoms with Gasteiger partial charge in [-0.3, -0.25) is 9.59 Å². The Bertz CT molecular complexity index is 995. The minimum absolute atomic E-state index is 0.0517. The quantitative estimate of drug-likeness (QED) is 0.626. The SMILES string of the molecule is COc1cccc(CC(=O)N2CCN(C(=O)c3sccc3-n3cnnn3)CC2)c1. The van der Waals surface area contributed by atoms with Gasteiger partial charge in [-0.1, -0.05) is 12.1 Å². The molecule has 150 valence electrons. The second-order valence-electron chi connectivity index (χ2n) is 6.59. The van der Waals surface area contributed by atoms with Gasteiger partial charge in [0.15, 0.2) is 0 Å². The van der Waals surface area contributed by atoms with Crippen LogP contribution in [0.4, 0.5) is 0 Å². The zero-order valence-electron chi connectivity index (χ0n) is 15.9. The summed E-state index contributed by atoms with van der Waals surface area (Å²) in [6.45, 7) is 2.02. The summed E-state index contributed by atoms with van der Waals surface area (Å²) in [6.07, 6.45) is 1.79. The van der Waals surface area contributed by atoms with Gasteiger partial charge in [-0.05, 0) is 39.6 Å². The van der Waals surface area contributed by atoms with Gasteiger partial charge < -0.3 is 14.5 Å². The molecule has 1 fully saturated rings. The van der Waals surface area contributed by atoms with E-state index in [1.54, 1.807) is 16.9 Å². The van der Waals surface area contributed by atoms with Crippen molar-refractivity contribution in [2.75, 3.05) is 33.3 Å². The highest BCUT2D eigenvalue weighted by atomic mass is 32.1. The van der Waals surface area contributed by atoms with Crippen LogP contribution in [0.1, 0.15) is 15.2 Å². The summed E-state index contributed by atoms with van der Waals surface area (Å²) < 4.78 is 6.70. The summed E-state index contributed by atoms with van der Waals surface area (Å²) in [5.41, 5.74) is 1.58. The molecule has 0 bridgehead atoms. The molecule has 2 aromatic heterocycles. The molecule has 3 aromatic rings. The van der Waals surface area contributed by atoms with Crippen molar-refractivity contribution in [3.05, 3.63) is 52.5 Å². The lowest BCUT2D eigenvalue weighted by atomic mass is 10.1. The molecule has 10 heteroatoms. The lowest BCUT2D eigenvalue weighted by Gasteiger charge is -2.34. The Morgan fingerprint density at radius 2 is 1.93 bits per heavy atom. The fourth-order valence-electron chi connectivity index (χ4n) is 3.29. The van der Waals surface area contributed by atoms with E-state index in [1.165, 1.54) is 22.3 Å². The molecule has 1 aromatic carbocycles. The van der Waals surface area contributed by atoms with E-state index in [0.29, 0.717) is 43.2 Å². The minimum Gasteiger partial charge on any atom is -0.497 e. The molecular weight excluding hydrogens is 392 g/mol. The Labute approximate surface area is 171 Å². The van der Waals surface area contributed by atoms with E-state index in [2.05, 4.69) is 15.5 Å². The summed E-state index contributed by atoms with van der Waals surface area (Å²) in [6, 6.07) is 9.34. The van der Waals surface area contributed by atoms with E-state index in [-0.39, 0.29) is 11.8 Å². The van der Waals surface area contributed by atoms with E-state index in [4.69, 9.17) is 4.74 Å². The van der Waals surface area contributed by atoms with Gasteiger partial charge >= 0.3 is 0 Å². The average molecular weight is 412 g/mol. The monoisotopic (exact) mass is 412 g/mol. The number of nitrogens with zero attached hydrogens (tertiary/aromatic N) is 6. The van der Waals surface area contributed by atoms with Crippen LogP contribution in [0.2, 0.25) is 0 Å². The number of hydrogen-bond acceptors (Lipinski definition) is 7. The topological polar surface area (TPSA) is 93.5 Å². The standard InChI is InChI=1S/C19H20N6O3S/c1-28-15-4-2-3-14(11-15)12-17(26)23-6-8-24(9-7-23)19(27)18-16(5-10-29-18)25-13-20-21-22-25/h2-5,10-11,13H,6-9,12H2,1H3. The average Bonchev–Trinajstić information content (AvgIpc) is 3.45. The van der Waals surface area contributed by atoms with Crippen LogP contribution in [0.5, 0.6) is 5.75 Å². The normalized spacial score (nSPS) is 14.1. The third-order valence-corrected chi connectivity index (χ3v) is 5.74. The maximum absolute atomic E-state index is 13.0. The van der Waals surface area contributed by atoms with E-state index in [0.717, 1.165) is 11.3 Å². The predicted molar refractivity (Wildman–Crippen MR) is 106 cm³/mol. The zero-order valence-corrected chi connectivity index (χ0v) is 16.7. The number of thiophene rings is 1. The molecule has 1 aliphatic heterocycles. The fourth-order valence-corrected chi connectivity index (χ4v) is 4.13. The molecule has 0 aliphatic carbocycles. The van der Waals surface area contributed by atoms with Crippen LogP contribution in [-0.2, 0) is 11.2 Å². The number of carbonyl (C=O) groups is 2. The van der Waals surface area contributed by atoms with E-state index >= 15 is 0 Å². The number of carbonyl (C=O) groups excluding carboxylic acids is 2. The molecule has 3 heterocycles. The van der Waals surface area contributed by atoms with E-state index in [9.17, 15) is 9.59 Å². The first-order chi connectivity index (χ1) is 14.2. The first-order valence-corrected chi connectivity index (χ1v) is 10.0. The first kappa shape index (κ1) is 19.1. The van der Waals surface area contributed by atoms with Crippen molar-refractivity contribution >= 4 is 23.2 Å². The largest absolute Gasteiger partial charge is 0.497 e. The Balaban J connectivity index is 1.36. The molecule has 0 saturated carbocycles. The Hall–Kier alpha value is -3.27. The van der Waals surface area contributed by atoms with Gasteiger partial charge in [0.25, 0.3) is 5.91 Å². The number of amides is 2. The van der Waals surface area contributed by atoms with Crippen LogP contribution < -0.4 is 4.74 Å². The zero-order chi connectivity index (χ0) is 20.2. The highest BCUT2D eigenvalue weighted by molar-refractivity contribution is 7.12. The molecule has 9 nitrogen and oxygen atoms in total. The molecule has 0 atom stereocenters. The summed E-state index contributed by atoms with van der Waals surface area (Å²) in [5, 5.41) is 13.0. The van der Waals surface area contributed by atoms with Crippen LogP contribution in [-0.4, -0.2) is 75.1 Å². The lowest BCUT2D eigenvalue weighted by Crippen LogP contribution is -2.51. The Morgan fingerprint density at radius 3 is 2.66 bits per heavy atom. The van der Waals surface area contributed by atoms with Gasteiger partial charge in [0.05, 0.1) is 19.2 Å². The third kappa shape index (κ3) is 4.11. The highest BCUT2D eigenvalue weighted by Gasteiger charge is 2.27. The molecule has 0 unspecified atom stereocenters. The molecule has 0 radical (unpaired) electrons. The van der Waals surface area contributed by atoms with Crippen molar-refractivity contribution in [1.82, 2.24) is 30.0 Å². The number of methoxy groups -OCH3 is 1. The summed E-state index contributed by atoms with van der Waals surface area (Å²) in [4.78, 5) is 29.8. The number of hydrogen-bond donors (Lipinski definition) is 0. The molecule has 4 rings (SSSR count). The number of rotatable bonds is 5. The van der Waals surface area contributed by atoms with Crippen LogP contribution in [0.15, 0.2) is 42.0 Å². The van der Waals surface area contributed by atoms with Gasteiger partial charge in [-0.15, -0.1) is 16.4 Å². The molecule has 0 spiro atoms. The van der Waals surface area contributed by atoms with Gasteiger partial charge in [0.1, 0.15) is 17.0 Å². The number of aromatic nitrogens is 4. The van der Waals surface area contributed by atoms with Gasteiger partial charge in [-0.2, -0.15) is 4.68 Å². The second-order valence-corrected chi connectivity index (χ2v) is 7.51. The van der Waals surface area contributed by atoms with Gasteiger partial charge in [-0.25, -0.2) is 0 Å². The fraction of sp³-hybridized carbons (Fsp3) is 0.316. The van der Waals surface area contributed by atoms with Crippen molar-refractivity contribution in [3.63, 3.8) is 0 Å². The van der Waals surface area contributed by atoms with Crippen LogP contribution in [0.3, 0.4) is 0 Å². The smallest absolute Gasteiger partial charge is 0.266 e. The number of benzene rings is 1. The van der Waals surface area contributed by atoms with Crippen molar-refractivity contribution < 1.29 is 14.3 Å². The minimum atomic E-state index is -0.0644. The van der Waals surface area contributed by atoms with Crippen molar-refractivity contribution in [1.29, 1.82) is 0 Å². The number of ether oxygens (including phenoxy) is 1. The molecule has 2 amide bonds. The Morgan fingerprint density at radius 1 is 1.14 bits per heavy atom. The molecule has 0 N–H and O–H groups in total. The van der Waals surface area contributed by atoms with Crippen LogP contribution in [0, 0.1) is 0 Å². The summed E-state index contributed by atoms with van der Waals surface area (Å²) >= 11 is 1.36. The third-order valence-electron chi connectivity index (χ3n) is 4.84. The summed E-state index contributed by atoms with van der Waals surface area (Å²) in [7, 11) is 1.61. The van der Waals surface area contributed by atoms with Gasteiger partial charge in [0, 0.05) is 26.2 Å². The van der Waals surface area contributed by atoms with E-state index < -0.39 is 0 Å². The highest BCUT2D eigenvalue weighted by Crippen LogP contribution is 2.23.